The quantitative estimate of drug-likeness (QED) is 0.533. The van der Waals surface area contributed by atoms with Crippen LogP contribution in [0.1, 0.15) is 44.9 Å². The number of rotatable bonds is 2. The molecule has 6 atom stereocenters. The summed E-state index contributed by atoms with van der Waals surface area (Å²) in [7, 11) is 0. The molecule has 4 aliphatic carbocycles. The standard InChI is InChI=1S/C14H22S/c15-6-5-14-4-3-11(8-14)12-9-1-2-10(7-9)13(12)14/h9-13,15H,1-8H2. The lowest BCUT2D eigenvalue weighted by molar-refractivity contribution is 0.0737. The monoisotopic (exact) mass is 222 g/mol. The first-order valence-corrected chi connectivity index (χ1v) is 7.58. The first-order valence-electron chi connectivity index (χ1n) is 6.95. The first kappa shape index (κ1) is 9.39. The van der Waals surface area contributed by atoms with Gasteiger partial charge in [0.05, 0.1) is 0 Å². The number of fused-ring (bicyclic) bond motifs is 9. The number of thiol groups is 1. The minimum Gasteiger partial charge on any atom is -0.179 e. The van der Waals surface area contributed by atoms with Crippen LogP contribution in [-0.2, 0) is 0 Å². The summed E-state index contributed by atoms with van der Waals surface area (Å²) in [4.78, 5) is 0. The van der Waals surface area contributed by atoms with E-state index in [1.165, 1.54) is 12.3 Å². The average Bonchev–Trinajstić information content (AvgIpc) is 2.95. The van der Waals surface area contributed by atoms with Crippen LogP contribution in [0, 0.1) is 35.0 Å². The van der Waals surface area contributed by atoms with Gasteiger partial charge in [0.2, 0.25) is 0 Å². The van der Waals surface area contributed by atoms with Gasteiger partial charge >= 0.3 is 0 Å². The molecule has 15 heavy (non-hydrogen) atoms. The van der Waals surface area contributed by atoms with E-state index in [-0.39, 0.29) is 0 Å². The molecule has 4 fully saturated rings. The Kier molecular flexibility index (Phi) is 1.86. The maximum Gasteiger partial charge on any atom is -0.00925 e. The van der Waals surface area contributed by atoms with Crippen molar-refractivity contribution < 1.29 is 0 Å². The van der Waals surface area contributed by atoms with Crippen molar-refractivity contribution in [3.05, 3.63) is 0 Å². The van der Waals surface area contributed by atoms with Crippen LogP contribution in [0.15, 0.2) is 0 Å². The van der Waals surface area contributed by atoms with Gasteiger partial charge in [0.25, 0.3) is 0 Å². The van der Waals surface area contributed by atoms with E-state index in [2.05, 4.69) is 12.6 Å². The molecular formula is C14H22S. The van der Waals surface area contributed by atoms with Crippen LogP contribution < -0.4 is 0 Å². The van der Waals surface area contributed by atoms with Crippen molar-refractivity contribution in [2.24, 2.45) is 35.0 Å². The lowest BCUT2D eigenvalue weighted by Gasteiger charge is -2.42. The smallest absolute Gasteiger partial charge is 0.00925 e. The molecule has 0 aliphatic heterocycles. The van der Waals surface area contributed by atoms with Crippen LogP contribution in [0.3, 0.4) is 0 Å². The van der Waals surface area contributed by atoms with Crippen molar-refractivity contribution in [2.75, 3.05) is 5.75 Å². The Balaban J connectivity index is 1.71. The molecule has 6 unspecified atom stereocenters. The van der Waals surface area contributed by atoms with Gasteiger partial charge in [-0.05, 0) is 85.7 Å². The molecule has 0 aromatic rings. The molecule has 0 nitrogen and oxygen atoms in total. The summed E-state index contributed by atoms with van der Waals surface area (Å²) >= 11 is 4.52. The molecule has 0 aromatic heterocycles. The van der Waals surface area contributed by atoms with Crippen LogP contribution in [0.5, 0.6) is 0 Å². The average molecular weight is 222 g/mol. The molecule has 0 spiro atoms. The summed E-state index contributed by atoms with van der Waals surface area (Å²) in [5.74, 6) is 6.91. The van der Waals surface area contributed by atoms with E-state index < -0.39 is 0 Å². The van der Waals surface area contributed by atoms with E-state index in [4.69, 9.17) is 0 Å². The van der Waals surface area contributed by atoms with E-state index in [1.807, 2.05) is 0 Å². The van der Waals surface area contributed by atoms with Crippen LogP contribution >= 0.6 is 12.6 Å². The van der Waals surface area contributed by atoms with Gasteiger partial charge in [-0.2, -0.15) is 12.6 Å². The predicted octanol–water partition coefficient (Wildman–Crippen LogP) is 3.77. The second-order valence-corrected chi connectivity index (χ2v) is 7.22. The third-order valence-electron chi connectivity index (χ3n) is 6.52. The van der Waals surface area contributed by atoms with Gasteiger partial charge in [0, 0.05) is 0 Å². The molecule has 84 valence electrons. The molecule has 0 heterocycles. The van der Waals surface area contributed by atoms with Crippen molar-refractivity contribution in [1.82, 2.24) is 0 Å². The molecule has 4 aliphatic rings. The highest BCUT2D eigenvalue weighted by Gasteiger charge is 2.65. The minimum absolute atomic E-state index is 0.789. The van der Waals surface area contributed by atoms with Crippen molar-refractivity contribution in [2.45, 2.75) is 44.9 Å². The SMILES string of the molecule is SCCC12CCC(C1)C1C3CCC(C3)C12. The molecule has 1 heteroatoms. The molecule has 0 amide bonds. The molecule has 0 N–H and O–H groups in total. The second kappa shape index (κ2) is 2.97. The van der Waals surface area contributed by atoms with E-state index >= 15 is 0 Å². The van der Waals surface area contributed by atoms with Crippen molar-refractivity contribution in [3.8, 4) is 0 Å². The molecular weight excluding hydrogens is 200 g/mol. The molecule has 4 rings (SSSR count). The van der Waals surface area contributed by atoms with Gasteiger partial charge in [0.1, 0.15) is 0 Å². The highest BCUT2D eigenvalue weighted by molar-refractivity contribution is 7.80. The van der Waals surface area contributed by atoms with Gasteiger partial charge in [-0.1, -0.05) is 0 Å². The molecule has 0 saturated heterocycles. The normalized spacial score (nSPS) is 60.2. The maximum atomic E-state index is 4.52. The largest absolute Gasteiger partial charge is 0.179 e. The number of hydrogen-bond donors (Lipinski definition) is 1. The summed E-state index contributed by atoms with van der Waals surface area (Å²) < 4.78 is 0. The highest BCUT2D eigenvalue weighted by Crippen LogP contribution is 2.73. The van der Waals surface area contributed by atoms with Gasteiger partial charge in [-0.25, -0.2) is 0 Å². The Labute approximate surface area is 98.6 Å². The Hall–Kier alpha value is 0.350. The van der Waals surface area contributed by atoms with Crippen molar-refractivity contribution in [1.29, 1.82) is 0 Å². The predicted molar refractivity (Wildman–Crippen MR) is 66.1 cm³/mol. The lowest BCUT2D eigenvalue weighted by Crippen LogP contribution is -2.35. The minimum atomic E-state index is 0.789. The zero-order valence-electron chi connectivity index (χ0n) is 9.49. The third-order valence-corrected chi connectivity index (χ3v) is 6.75. The Bertz CT molecular complexity index is 287. The summed E-state index contributed by atoms with van der Waals surface area (Å²) in [6.45, 7) is 0. The molecule has 4 saturated carbocycles. The van der Waals surface area contributed by atoms with Crippen LogP contribution in [0.25, 0.3) is 0 Å². The fourth-order valence-electron chi connectivity index (χ4n) is 6.37. The van der Waals surface area contributed by atoms with Gasteiger partial charge < -0.3 is 0 Å². The lowest BCUT2D eigenvalue weighted by atomic mass is 9.63. The Morgan fingerprint density at radius 1 is 1.07 bits per heavy atom. The maximum absolute atomic E-state index is 4.52. The summed E-state index contributed by atoms with van der Waals surface area (Å²) in [6.07, 6.45) is 10.9. The van der Waals surface area contributed by atoms with Crippen molar-refractivity contribution >= 4 is 12.6 Å². The summed E-state index contributed by atoms with van der Waals surface area (Å²) in [6, 6.07) is 0. The Morgan fingerprint density at radius 3 is 2.80 bits per heavy atom. The zero-order valence-corrected chi connectivity index (χ0v) is 10.4. The van der Waals surface area contributed by atoms with Gasteiger partial charge in [0.15, 0.2) is 0 Å². The van der Waals surface area contributed by atoms with E-state index in [1.54, 1.807) is 38.5 Å². The molecule has 0 aromatic carbocycles. The van der Waals surface area contributed by atoms with Gasteiger partial charge in [-0.15, -0.1) is 0 Å². The number of hydrogen-bond acceptors (Lipinski definition) is 1. The zero-order chi connectivity index (χ0) is 10.0. The Morgan fingerprint density at radius 2 is 1.93 bits per heavy atom. The van der Waals surface area contributed by atoms with E-state index in [9.17, 15) is 0 Å². The fourth-order valence-corrected chi connectivity index (χ4v) is 6.81. The van der Waals surface area contributed by atoms with Crippen LogP contribution in [0.2, 0.25) is 0 Å². The van der Waals surface area contributed by atoms with Crippen LogP contribution in [0.4, 0.5) is 0 Å². The highest BCUT2D eigenvalue weighted by atomic mass is 32.1. The second-order valence-electron chi connectivity index (χ2n) is 6.78. The van der Waals surface area contributed by atoms with Crippen molar-refractivity contribution in [3.63, 3.8) is 0 Å². The topological polar surface area (TPSA) is 0 Å². The van der Waals surface area contributed by atoms with E-state index in [0.29, 0.717) is 0 Å². The van der Waals surface area contributed by atoms with Crippen LogP contribution in [-0.4, -0.2) is 5.75 Å². The molecule has 0 radical (unpaired) electrons. The summed E-state index contributed by atoms with van der Waals surface area (Å²) in [5.41, 5.74) is 0.789. The third kappa shape index (κ3) is 1.02. The van der Waals surface area contributed by atoms with E-state index in [0.717, 1.165) is 34.8 Å². The fraction of sp³-hybridized carbons (Fsp3) is 1.00. The summed E-state index contributed by atoms with van der Waals surface area (Å²) in [5, 5.41) is 0. The van der Waals surface area contributed by atoms with Gasteiger partial charge in [-0.3, -0.25) is 0 Å². The first-order chi connectivity index (χ1) is 7.34. The molecule has 4 bridgehead atoms.